The molecule has 0 aliphatic heterocycles. The van der Waals surface area contributed by atoms with Crippen molar-refractivity contribution in [1.29, 1.82) is 5.41 Å². The van der Waals surface area contributed by atoms with Crippen LogP contribution in [-0.4, -0.2) is 51.1 Å². The quantitative estimate of drug-likeness (QED) is 0.246. The molecule has 0 fully saturated rings. The zero-order valence-electron chi connectivity index (χ0n) is 15.1. The summed E-state index contributed by atoms with van der Waals surface area (Å²) in [6.07, 6.45) is -3.82. The second kappa shape index (κ2) is 8.93. The van der Waals surface area contributed by atoms with Crippen LogP contribution >= 0.6 is 11.6 Å². The summed E-state index contributed by atoms with van der Waals surface area (Å²) in [5, 5.41) is 19.3. The van der Waals surface area contributed by atoms with E-state index in [1.807, 2.05) is 0 Å². The van der Waals surface area contributed by atoms with Crippen LogP contribution in [-0.2, 0) is 21.2 Å². The SMILES string of the molecule is CN/C(O)=C(\C(C)=N)C(=O)c1ccc(S(C)(=O)=O)c(COCC(F)(F)F)c1Cl. The van der Waals surface area contributed by atoms with E-state index in [0.717, 1.165) is 18.4 Å². The van der Waals surface area contributed by atoms with Crippen LogP contribution in [0.1, 0.15) is 22.8 Å². The summed E-state index contributed by atoms with van der Waals surface area (Å²) < 4.78 is 65.4. The number of nitrogens with one attached hydrogen (secondary N) is 2. The first kappa shape index (κ1) is 23.9. The molecule has 0 spiro atoms. The number of carbonyl (C=O) groups is 1. The van der Waals surface area contributed by atoms with Gasteiger partial charge in [0, 0.05) is 30.1 Å². The number of alkyl halides is 3. The number of hydrogen-bond acceptors (Lipinski definition) is 7. The van der Waals surface area contributed by atoms with E-state index in [1.54, 1.807) is 0 Å². The Hall–Kier alpha value is -2.11. The molecule has 1 aromatic rings. The highest BCUT2D eigenvalue weighted by Crippen LogP contribution is 2.31. The molecule has 3 N–H and O–H groups in total. The summed E-state index contributed by atoms with van der Waals surface area (Å²) >= 11 is 6.12. The fourth-order valence-electron chi connectivity index (χ4n) is 2.24. The maximum Gasteiger partial charge on any atom is 0.411 e. The molecular weight excluding hydrogens is 425 g/mol. The van der Waals surface area contributed by atoms with Crippen molar-refractivity contribution in [2.24, 2.45) is 0 Å². The van der Waals surface area contributed by atoms with Crippen LogP contribution in [0.25, 0.3) is 0 Å². The molecule has 7 nitrogen and oxygen atoms in total. The largest absolute Gasteiger partial charge is 0.494 e. The summed E-state index contributed by atoms with van der Waals surface area (Å²) in [5.41, 5.74) is -1.37. The molecule has 0 amide bonds. The number of aliphatic hydroxyl groups is 1. The molecule has 0 aliphatic rings. The maximum absolute atomic E-state index is 12.7. The van der Waals surface area contributed by atoms with Gasteiger partial charge in [-0.2, -0.15) is 13.2 Å². The van der Waals surface area contributed by atoms with Crippen LogP contribution in [0.4, 0.5) is 13.2 Å². The molecule has 0 radical (unpaired) electrons. The number of aliphatic hydroxyl groups excluding tert-OH is 1. The van der Waals surface area contributed by atoms with Gasteiger partial charge in [-0.25, -0.2) is 8.42 Å². The molecule has 0 bridgehead atoms. The van der Waals surface area contributed by atoms with Gasteiger partial charge in [0.25, 0.3) is 0 Å². The zero-order chi connectivity index (χ0) is 21.9. The second-order valence-electron chi connectivity index (χ2n) is 5.71. The van der Waals surface area contributed by atoms with Crippen molar-refractivity contribution < 1.29 is 36.2 Å². The molecule has 28 heavy (non-hydrogen) atoms. The van der Waals surface area contributed by atoms with Crippen LogP contribution in [0, 0.1) is 5.41 Å². The minimum Gasteiger partial charge on any atom is -0.494 e. The zero-order valence-corrected chi connectivity index (χ0v) is 16.6. The van der Waals surface area contributed by atoms with E-state index in [1.165, 1.54) is 14.0 Å². The molecule has 0 heterocycles. The van der Waals surface area contributed by atoms with Gasteiger partial charge in [-0.1, -0.05) is 11.6 Å². The van der Waals surface area contributed by atoms with Crippen LogP contribution < -0.4 is 5.32 Å². The van der Waals surface area contributed by atoms with Crippen molar-refractivity contribution in [3.05, 3.63) is 39.7 Å². The molecule has 0 saturated heterocycles. The average Bonchev–Trinajstić information content (AvgIpc) is 2.53. The number of Topliss-reactive ketones (excluding diaryl/α,β-unsaturated/α-hetero) is 1. The highest BCUT2D eigenvalue weighted by Gasteiger charge is 2.29. The van der Waals surface area contributed by atoms with E-state index in [-0.39, 0.29) is 16.8 Å². The summed E-state index contributed by atoms with van der Waals surface area (Å²) in [7, 11) is -2.59. The third-order valence-electron chi connectivity index (χ3n) is 3.43. The molecule has 1 rings (SSSR count). The third-order valence-corrected chi connectivity index (χ3v) is 5.05. The lowest BCUT2D eigenvalue weighted by Gasteiger charge is -2.16. The minimum atomic E-state index is -4.64. The van der Waals surface area contributed by atoms with E-state index in [0.29, 0.717) is 0 Å². The van der Waals surface area contributed by atoms with Crippen LogP contribution in [0.2, 0.25) is 5.02 Å². The summed E-state index contributed by atoms with van der Waals surface area (Å²) in [6, 6.07) is 2.06. The second-order valence-corrected chi connectivity index (χ2v) is 8.07. The first-order chi connectivity index (χ1) is 12.7. The van der Waals surface area contributed by atoms with Crippen molar-refractivity contribution >= 4 is 32.9 Å². The number of halogens is 4. The monoisotopic (exact) mass is 442 g/mol. The molecule has 0 aromatic heterocycles. The Balaban J connectivity index is 3.54. The summed E-state index contributed by atoms with van der Waals surface area (Å²) in [6.45, 7) is -1.23. The highest BCUT2D eigenvalue weighted by atomic mass is 35.5. The molecular formula is C16H18ClF3N2O5S. The van der Waals surface area contributed by atoms with E-state index in [4.69, 9.17) is 17.0 Å². The fraction of sp³-hybridized carbons (Fsp3) is 0.375. The lowest BCUT2D eigenvalue weighted by Crippen LogP contribution is -2.21. The van der Waals surface area contributed by atoms with Crippen molar-refractivity contribution in [2.75, 3.05) is 19.9 Å². The number of ether oxygens (including phenoxy) is 1. The number of hydrogen-bond donors (Lipinski definition) is 3. The molecule has 0 saturated carbocycles. The Morgan fingerprint density at radius 1 is 1.36 bits per heavy atom. The van der Waals surface area contributed by atoms with Crippen LogP contribution in [0.15, 0.2) is 28.5 Å². The summed E-state index contributed by atoms with van der Waals surface area (Å²) in [4.78, 5) is 12.3. The van der Waals surface area contributed by atoms with Gasteiger partial charge >= 0.3 is 6.18 Å². The van der Waals surface area contributed by atoms with Crippen molar-refractivity contribution in [2.45, 2.75) is 24.6 Å². The predicted octanol–water partition coefficient (Wildman–Crippen LogP) is 3.03. The van der Waals surface area contributed by atoms with E-state index in [9.17, 15) is 31.5 Å². The molecule has 156 valence electrons. The lowest BCUT2D eigenvalue weighted by molar-refractivity contribution is -0.176. The molecule has 0 unspecified atom stereocenters. The molecule has 0 aliphatic carbocycles. The number of allylic oxidation sites excluding steroid dienone is 1. The predicted molar refractivity (Wildman–Crippen MR) is 96.7 cm³/mol. The van der Waals surface area contributed by atoms with E-state index < -0.39 is 56.4 Å². The van der Waals surface area contributed by atoms with Crippen LogP contribution in [0.5, 0.6) is 0 Å². The Morgan fingerprint density at radius 2 is 1.93 bits per heavy atom. The van der Waals surface area contributed by atoms with Crippen molar-refractivity contribution in [3.8, 4) is 0 Å². The van der Waals surface area contributed by atoms with Crippen molar-refractivity contribution in [3.63, 3.8) is 0 Å². The van der Waals surface area contributed by atoms with Crippen molar-refractivity contribution in [1.82, 2.24) is 5.32 Å². The number of benzene rings is 1. The third kappa shape index (κ3) is 5.94. The van der Waals surface area contributed by atoms with Gasteiger partial charge in [0.1, 0.15) is 12.2 Å². The van der Waals surface area contributed by atoms with Gasteiger partial charge in [-0.05, 0) is 19.1 Å². The van der Waals surface area contributed by atoms with Gasteiger partial charge in [-0.15, -0.1) is 0 Å². The fourth-order valence-corrected chi connectivity index (χ4v) is 3.53. The van der Waals surface area contributed by atoms with Crippen LogP contribution in [0.3, 0.4) is 0 Å². The summed E-state index contributed by atoms with van der Waals surface area (Å²) in [5.74, 6) is -1.53. The molecule has 0 atom stereocenters. The van der Waals surface area contributed by atoms with E-state index in [2.05, 4.69) is 10.1 Å². The van der Waals surface area contributed by atoms with Gasteiger partial charge in [-0.3, -0.25) is 4.79 Å². The number of rotatable bonds is 8. The van der Waals surface area contributed by atoms with Gasteiger partial charge < -0.3 is 20.6 Å². The first-order valence-corrected chi connectivity index (χ1v) is 9.84. The van der Waals surface area contributed by atoms with Gasteiger partial charge in [0.2, 0.25) is 5.78 Å². The topological polar surface area (TPSA) is 117 Å². The first-order valence-electron chi connectivity index (χ1n) is 7.57. The number of sulfone groups is 1. The molecule has 12 heteroatoms. The van der Waals surface area contributed by atoms with Gasteiger partial charge in [0.05, 0.1) is 16.5 Å². The van der Waals surface area contributed by atoms with E-state index >= 15 is 0 Å². The van der Waals surface area contributed by atoms with Gasteiger partial charge in [0.15, 0.2) is 15.7 Å². The Kier molecular flexibility index (Phi) is 7.63. The molecule has 1 aromatic carbocycles. The Bertz CT molecular complexity index is 927. The number of carbonyl (C=O) groups excluding carboxylic acids is 1. The Labute approximate surface area is 164 Å². The number of ketones is 1. The smallest absolute Gasteiger partial charge is 0.411 e. The standard InChI is InChI=1S/C16H18ClF3N2O5S/c1-8(21)12(15(24)22-2)14(23)9-4-5-11(28(3,25)26)10(13(9)17)6-27-7-16(18,19)20/h4-5,21-22,24H,6-7H2,1-3H3/b15-12-,21-8?. The lowest BCUT2D eigenvalue weighted by atomic mass is 9.98. The Morgan fingerprint density at radius 3 is 2.36 bits per heavy atom. The minimum absolute atomic E-state index is 0.303. The maximum atomic E-state index is 12.7. The average molecular weight is 443 g/mol. The highest BCUT2D eigenvalue weighted by molar-refractivity contribution is 7.90. The normalized spacial score (nSPS) is 13.1.